The Bertz CT molecular complexity index is 396. The van der Waals surface area contributed by atoms with E-state index in [0.717, 1.165) is 5.56 Å². The van der Waals surface area contributed by atoms with Crippen LogP contribution < -0.4 is 20.7 Å². The Hall–Kier alpha value is -2.24. The molecule has 1 rings (SSSR count). The Morgan fingerprint density at radius 2 is 1.82 bits per heavy atom. The molecule has 0 unspecified atom stereocenters. The summed E-state index contributed by atoms with van der Waals surface area (Å²) in [6.07, 6.45) is -0.554. The molecule has 0 radical (unpaired) electrons. The van der Waals surface area contributed by atoms with Gasteiger partial charge in [0, 0.05) is 25.8 Å². The molecule has 0 aliphatic carbocycles. The summed E-state index contributed by atoms with van der Waals surface area (Å²) < 4.78 is 4.98. The van der Waals surface area contributed by atoms with Gasteiger partial charge in [0.1, 0.15) is 5.75 Å². The average molecular weight is 237 g/mol. The average Bonchev–Trinajstić information content (AvgIpc) is 2.27. The molecule has 6 heteroatoms. The van der Waals surface area contributed by atoms with E-state index in [1.807, 2.05) is 6.92 Å². The Labute approximate surface area is 99.3 Å². The number of anilines is 1. The van der Waals surface area contributed by atoms with E-state index in [1.54, 1.807) is 18.2 Å². The summed E-state index contributed by atoms with van der Waals surface area (Å²) >= 11 is 0. The fraction of sp³-hybridized carbons (Fsp3) is 0.273. The molecule has 0 aliphatic heterocycles. The van der Waals surface area contributed by atoms with Crippen LogP contribution in [0.1, 0.15) is 5.56 Å². The van der Waals surface area contributed by atoms with E-state index in [1.165, 1.54) is 14.1 Å². The van der Waals surface area contributed by atoms with Crippen molar-refractivity contribution < 1.29 is 14.3 Å². The van der Waals surface area contributed by atoms with Crippen molar-refractivity contribution in [3.63, 3.8) is 0 Å². The van der Waals surface area contributed by atoms with Gasteiger partial charge in [0.2, 0.25) is 0 Å². The summed E-state index contributed by atoms with van der Waals surface area (Å²) in [6, 6.07) is 4.70. The molecule has 0 heterocycles. The summed E-state index contributed by atoms with van der Waals surface area (Å²) in [5.74, 6) is 0.371. The third-order valence-corrected chi connectivity index (χ3v) is 1.95. The largest absolute Gasteiger partial charge is 0.412 e. The summed E-state index contributed by atoms with van der Waals surface area (Å²) in [6.45, 7) is 1.84. The first kappa shape index (κ1) is 12.8. The number of urea groups is 1. The third kappa shape index (κ3) is 4.02. The molecule has 1 aromatic rings. The third-order valence-electron chi connectivity index (χ3n) is 1.95. The number of carbonyl (C=O) groups excluding carboxylic acids is 2. The Morgan fingerprint density at radius 3 is 2.41 bits per heavy atom. The van der Waals surface area contributed by atoms with Gasteiger partial charge < -0.3 is 20.7 Å². The van der Waals surface area contributed by atoms with Gasteiger partial charge in [-0.3, -0.25) is 0 Å². The monoisotopic (exact) mass is 237 g/mol. The maximum atomic E-state index is 11.1. The predicted octanol–water partition coefficient (Wildman–Crippen LogP) is 1.46. The number of nitrogens with one attached hydrogen (secondary N) is 3. The summed E-state index contributed by atoms with van der Waals surface area (Å²) in [7, 11) is 2.99. The molecule has 0 atom stereocenters. The minimum Gasteiger partial charge on any atom is -0.410 e. The van der Waals surface area contributed by atoms with Crippen LogP contribution in [0.15, 0.2) is 18.2 Å². The first-order valence-electron chi connectivity index (χ1n) is 5.05. The molecule has 0 bridgehead atoms. The van der Waals surface area contributed by atoms with Crippen LogP contribution in [-0.4, -0.2) is 26.2 Å². The van der Waals surface area contributed by atoms with Crippen LogP contribution in [0, 0.1) is 6.92 Å². The summed E-state index contributed by atoms with van der Waals surface area (Å²) in [4.78, 5) is 22.2. The van der Waals surface area contributed by atoms with Gasteiger partial charge in [-0.25, -0.2) is 9.59 Å². The van der Waals surface area contributed by atoms with Gasteiger partial charge in [-0.1, -0.05) is 0 Å². The number of hydrogen-bond donors (Lipinski definition) is 3. The van der Waals surface area contributed by atoms with E-state index in [0.29, 0.717) is 11.4 Å². The first-order chi connectivity index (χ1) is 8.05. The molecule has 0 aromatic heterocycles. The van der Waals surface area contributed by atoms with Crippen molar-refractivity contribution in [1.29, 1.82) is 0 Å². The maximum Gasteiger partial charge on any atom is 0.412 e. The van der Waals surface area contributed by atoms with Crippen molar-refractivity contribution in [3.8, 4) is 5.75 Å². The molecule has 0 saturated carbocycles. The van der Waals surface area contributed by atoms with Crippen molar-refractivity contribution in [3.05, 3.63) is 23.8 Å². The van der Waals surface area contributed by atoms with E-state index in [-0.39, 0.29) is 6.03 Å². The molecule has 3 N–H and O–H groups in total. The molecule has 3 amide bonds. The van der Waals surface area contributed by atoms with Crippen LogP contribution in [0.3, 0.4) is 0 Å². The van der Waals surface area contributed by atoms with Gasteiger partial charge in [0.25, 0.3) is 0 Å². The minimum absolute atomic E-state index is 0.332. The van der Waals surface area contributed by atoms with E-state index in [2.05, 4.69) is 16.0 Å². The second kappa shape index (κ2) is 5.74. The highest BCUT2D eigenvalue weighted by atomic mass is 16.5. The lowest BCUT2D eigenvalue weighted by molar-refractivity contribution is 0.203. The Kier molecular flexibility index (Phi) is 4.33. The highest BCUT2D eigenvalue weighted by Crippen LogP contribution is 2.20. The Balaban J connectivity index is 2.86. The van der Waals surface area contributed by atoms with Gasteiger partial charge in [-0.05, 0) is 24.6 Å². The zero-order valence-electron chi connectivity index (χ0n) is 9.96. The molecule has 1 aromatic carbocycles. The number of carbonyl (C=O) groups is 2. The standard InChI is InChI=1S/C11H15N3O3/c1-7-4-8(14-10(15)12-2)6-9(5-7)17-11(16)13-3/h4-6H,1-3H3,(H,13,16)(H2,12,14,15). The molecular weight excluding hydrogens is 222 g/mol. The fourth-order valence-corrected chi connectivity index (χ4v) is 1.23. The van der Waals surface area contributed by atoms with Gasteiger partial charge in [0.05, 0.1) is 0 Å². The first-order valence-corrected chi connectivity index (χ1v) is 5.05. The Morgan fingerprint density at radius 1 is 1.12 bits per heavy atom. The lowest BCUT2D eigenvalue weighted by Crippen LogP contribution is -2.25. The van der Waals surface area contributed by atoms with Gasteiger partial charge in [0.15, 0.2) is 0 Å². The van der Waals surface area contributed by atoms with Gasteiger partial charge in [-0.2, -0.15) is 0 Å². The van der Waals surface area contributed by atoms with Crippen molar-refractivity contribution in [2.75, 3.05) is 19.4 Å². The molecule has 0 fully saturated rings. The fourth-order valence-electron chi connectivity index (χ4n) is 1.23. The second-order valence-corrected chi connectivity index (χ2v) is 3.38. The number of rotatable bonds is 2. The molecule has 17 heavy (non-hydrogen) atoms. The zero-order chi connectivity index (χ0) is 12.8. The SMILES string of the molecule is CNC(=O)Nc1cc(C)cc(OC(=O)NC)c1. The number of hydrogen-bond acceptors (Lipinski definition) is 3. The highest BCUT2D eigenvalue weighted by molar-refractivity contribution is 5.89. The number of ether oxygens (including phenoxy) is 1. The zero-order valence-corrected chi connectivity index (χ0v) is 9.96. The van der Waals surface area contributed by atoms with E-state index < -0.39 is 6.09 Å². The molecular formula is C11H15N3O3. The molecule has 0 saturated heterocycles. The van der Waals surface area contributed by atoms with Crippen molar-refractivity contribution in [2.24, 2.45) is 0 Å². The van der Waals surface area contributed by atoms with Crippen LogP contribution >= 0.6 is 0 Å². The van der Waals surface area contributed by atoms with Crippen LogP contribution in [-0.2, 0) is 0 Å². The predicted molar refractivity (Wildman–Crippen MR) is 64.3 cm³/mol. The normalized spacial score (nSPS) is 9.35. The minimum atomic E-state index is -0.554. The summed E-state index contributed by atoms with van der Waals surface area (Å²) in [5.41, 5.74) is 1.43. The number of benzene rings is 1. The topological polar surface area (TPSA) is 79.5 Å². The summed E-state index contributed by atoms with van der Waals surface area (Å²) in [5, 5.41) is 7.38. The molecule has 6 nitrogen and oxygen atoms in total. The van der Waals surface area contributed by atoms with Crippen LogP contribution in [0.25, 0.3) is 0 Å². The van der Waals surface area contributed by atoms with E-state index in [4.69, 9.17) is 4.74 Å². The van der Waals surface area contributed by atoms with Crippen LogP contribution in [0.4, 0.5) is 15.3 Å². The van der Waals surface area contributed by atoms with Crippen molar-refractivity contribution >= 4 is 17.8 Å². The van der Waals surface area contributed by atoms with Crippen LogP contribution in [0.5, 0.6) is 5.75 Å². The molecule has 0 spiro atoms. The van der Waals surface area contributed by atoms with Crippen LogP contribution in [0.2, 0.25) is 0 Å². The van der Waals surface area contributed by atoms with Crippen molar-refractivity contribution in [2.45, 2.75) is 6.92 Å². The molecule has 0 aliphatic rings. The van der Waals surface area contributed by atoms with Crippen molar-refractivity contribution in [1.82, 2.24) is 10.6 Å². The highest BCUT2D eigenvalue weighted by Gasteiger charge is 2.05. The van der Waals surface area contributed by atoms with E-state index >= 15 is 0 Å². The number of aryl methyl sites for hydroxylation is 1. The smallest absolute Gasteiger partial charge is 0.410 e. The maximum absolute atomic E-state index is 11.1. The van der Waals surface area contributed by atoms with Gasteiger partial charge in [-0.15, -0.1) is 0 Å². The number of amides is 3. The second-order valence-electron chi connectivity index (χ2n) is 3.38. The lowest BCUT2D eigenvalue weighted by Gasteiger charge is -2.09. The molecule has 92 valence electrons. The lowest BCUT2D eigenvalue weighted by atomic mass is 10.2. The van der Waals surface area contributed by atoms with Gasteiger partial charge >= 0.3 is 12.1 Å². The quantitative estimate of drug-likeness (QED) is 0.728. The van der Waals surface area contributed by atoms with E-state index in [9.17, 15) is 9.59 Å².